The molecule has 14 heavy (non-hydrogen) atoms. The molecular weight excluding hydrogens is 184 g/mol. The van der Waals surface area contributed by atoms with Crippen LogP contribution in [0.3, 0.4) is 0 Å². The summed E-state index contributed by atoms with van der Waals surface area (Å²) in [7, 11) is 1.53. The summed E-state index contributed by atoms with van der Waals surface area (Å²) in [5.74, 6) is 0.893. The second-order valence-electron chi connectivity index (χ2n) is 3.06. The van der Waals surface area contributed by atoms with E-state index in [1.54, 1.807) is 18.2 Å². The molecule has 1 N–H and O–H groups in total. The number of aliphatic hydroxyl groups is 1. The van der Waals surface area contributed by atoms with Gasteiger partial charge in [0.25, 0.3) is 0 Å². The van der Waals surface area contributed by atoms with Crippen molar-refractivity contribution >= 4 is 5.78 Å². The Labute approximate surface area is 81.1 Å². The molecule has 0 bridgehead atoms. The molecule has 0 amide bonds. The van der Waals surface area contributed by atoms with Crippen molar-refractivity contribution < 1.29 is 19.4 Å². The number of carbonyl (C=O) groups is 1. The molecule has 1 unspecified atom stereocenters. The van der Waals surface area contributed by atoms with Crippen LogP contribution >= 0.6 is 0 Å². The molecule has 2 rings (SSSR count). The highest BCUT2D eigenvalue weighted by Gasteiger charge is 2.24. The van der Waals surface area contributed by atoms with Gasteiger partial charge in [-0.25, -0.2) is 0 Å². The zero-order valence-electron chi connectivity index (χ0n) is 7.69. The minimum Gasteiger partial charge on any atom is -0.497 e. The van der Waals surface area contributed by atoms with Gasteiger partial charge in [0.05, 0.1) is 19.1 Å². The molecule has 1 aliphatic heterocycles. The first kappa shape index (κ1) is 9.02. The fourth-order valence-corrected chi connectivity index (χ4v) is 1.41. The van der Waals surface area contributed by atoms with Gasteiger partial charge in [0.1, 0.15) is 11.5 Å². The van der Waals surface area contributed by atoms with Crippen molar-refractivity contribution in [3.63, 3.8) is 0 Å². The molecule has 0 fully saturated rings. The summed E-state index contributed by atoms with van der Waals surface area (Å²) in [6, 6.07) is 4.92. The van der Waals surface area contributed by atoms with Gasteiger partial charge in [0.15, 0.2) is 5.78 Å². The molecule has 0 saturated heterocycles. The quantitative estimate of drug-likeness (QED) is 0.724. The number of fused-ring (bicyclic) bond motifs is 1. The number of rotatable bonds is 1. The van der Waals surface area contributed by atoms with Crippen LogP contribution in [0.25, 0.3) is 0 Å². The third-order valence-electron chi connectivity index (χ3n) is 2.11. The summed E-state index contributed by atoms with van der Waals surface area (Å²) in [5, 5.41) is 9.18. The van der Waals surface area contributed by atoms with Gasteiger partial charge in [-0.3, -0.25) is 4.79 Å². The van der Waals surface area contributed by atoms with Crippen LogP contribution in [0.1, 0.15) is 16.8 Å². The fourth-order valence-electron chi connectivity index (χ4n) is 1.41. The second-order valence-corrected chi connectivity index (χ2v) is 3.06. The van der Waals surface area contributed by atoms with Crippen LogP contribution in [0, 0.1) is 0 Å². The van der Waals surface area contributed by atoms with E-state index < -0.39 is 6.29 Å². The lowest BCUT2D eigenvalue weighted by Gasteiger charge is -2.21. The molecule has 74 valence electrons. The Morgan fingerprint density at radius 1 is 1.57 bits per heavy atom. The average Bonchev–Trinajstić information content (AvgIpc) is 2.17. The summed E-state index contributed by atoms with van der Waals surface area (Å²) in [6.07, 6.45) is -1.02. The molecule has 0 spiro atoms. The number of hydrogen-bond acceptors (Lipinski definition) is 4. The van der Waals surface area contributed by atoms with Crippen molar-refractivity contribution in [1.29, 1.82) is 0 Å². The molecule has 1 heterocycles. The number of hydrogen-bond donors (Lipinski definition) is 1. The number of ether oxygens (including phenoxy) is 2. The van der Waals surface area contributed by atoms with Crippen LogP contribution in [-0.4, -0.2) is 24.3 Å². The van der Waals surface area contributed by atoms with Crippen LogP contribution in [-0.2, 0) is 0 Å². The Morgan fingerprint density at radius 3 is 3.07 bits per heavy atom. The minimum absolute atomic E-state index is 0.000166. The van der Waals surface area contributed by atoms with Gasteiger partial charge in [-0.2, -0.15) is 0 Å². The van der Waals surface area contributed by atoms with Crippen molar-refractivity contribution in [1.82, 2.24) is 0 Å². The number of Topliss-reactive ketones (excluding diaryl/α,β-unsaturated/α-hetero) is 1. The number of benzene rings is 1. The highest BCUT2D eigenvalue weighted by atomic mass is 16.6. The topological polar surface area (TPSA) is 55.8 Å². The molecule has 1 aliphatic rings. The van der Waals surface area contributed by atoms with Crippen LogP contribution in [0.5, 0.6) is 11.5 Å². The zero-order valence-corrected chi connectivity index (χ0v) is 7.69. The number of methoxy groups -OCH3 is 1. The molecule has 0 aliphatic carbocycles. The van der Waals surface area contributed by atoms with Crippen LogP contribution < -0.4 is 9.47 Å². The predicted octanol–water partition coefficient (Wildman–Crippen LogP) is 0.979. The third-order valence-corrected chi connectivity index (χ3v) is 2.11. The molecule has 4 nitrogen and oxygen atoms in total. The van der Waals surface area contributed by atoms with E-state index in [4.69, 9.17) is 9.47 Å². The maximum Gasteiger partial charge on any atom is 0.204 e. The van der Waals surface area contributed by atoms with E-state index in [0.29, 0.717) is 17.1 Å². The van der Waals surface area contributed by atoms with Gasteiger partial charge < -0.3 is 14.6 Å². The molecular formula is C10H10O4. The predicted molar refractivity (Wildman–Crippen MR) is 48.6 cm³/mol. The smallest absolute Gasteiger partial charge is 0.204 e. The maximum absolute atomic E-state index is 11.5. The van der Waals surface area contributed by atoms with Gasteiger partial charge >= 0.3 is 0 Å². The summed E-state index contributed by atoms with van der Waals surface area (Å²) in [5.41, 5.74) is 0.467. The van der Waals surface area contributed by atoms with E-state index >= 15 is 0 Å². The molecule has 1 atom stereocenters. The lowest BCUT2D eigenvalue weighted by Crippen LogP contribution is -2.26. The minimum atomic E-state index is -1.02. The van der Waals surface area contributed by atoms with Gasteiger partial charge in [0, 0.05) is 0 Å². The summed E-state index contributed by atoms with van der Waals surface area (Å²) >= 11 is 0. The largest absolute Gasteiger partial charge is 0.497 e. The monoisotopic (exact) mass is 194 g/mol. The molecule has 0 radical (unpaired) electrons. The number of ketones is 1. The van der Waals surface area contributed by atoms with E-state index in [1.165, 1.54) is 7.11 Å². The van der Waals surface area contributed by atoms with E-state index in [0.717, 1.165) is 0 Å². The highest BCUT2D eigenvalue weighted by Crippen LogP contribution is 2.29. The van der Waals surface area contributed by atoms with Gasteiger partial charge in [-0.05, 0) is 18.2 Å². The Kier molecular flexibility index (Phi) is 2.13. The first-order valence-electron chi connectivity index (χ1n) is 4.26. The van der Waals surface area contributed by atoms with Crippen LogP contribution in [0.4, 0.5) is 0 Å². The Bertz CT molecular complexity index is 372. The Hall–Kier alpha value is -1.55. The van der Waals surface area contributed by atoms with Gasteiger partial charge in [-0.1, -0.05) is 0 Å². The van der Waals surface area contributed by atoms with Gasteiger partial charge in [0.2, 0.25) is 6.29 Å². The Balaban J connectivity index is 2.44. The normalized spacial score (nSPS) is 19.9. The third kappa shape index (κ3) is 1.44. The summed E-state index contributed by atoms with van der Waals surface area (Å²) < 4.78 is 10.1. The van der Waals surface area contributed by atoms with Crippen molar-refractivity contribution in [3.8, 4) is 11.5 Å². The summed E-state index contributed by atoms with van der Waals surface area (Å²) in [4.78, 5) is 11.5. The van der Waals surface area contributed by atoms with Gasteiger partial charge in [-0.15, -0.1) is 0 Å². The summed E-state index contributed by atoms with van der Waals surface area (Å²) in [6.45, 7) is 0. The second kappa shape index (κ2) is 3.31. The number of aliphatic hydroxyl groups excluding tert-OH is 1. The van der Waals surface area contributed by atoms with Crippen molar-refractivity contribution in [2.24, 2.45) is 0 Å². The molecule has 4 heteroatoms. The van der Waals surface area contributed by atoms with Crippen molar-refractivity contribution in [2.75, 3.05) is 7.11 Å². The molecule has 1 aromatic carbocycles. The fraction of sp³-hybridized carbons (Fsp3) is 0.300. The molecule has 0 saturated carbocycles. The van der Waals surface area contributed by atoms with Crippen molar-refractivity contribution in [3.05, 3.63) is 23.8 Å². The van der Waals surface area contributed by atoms with E-state index in [2.05, 4.69) is 0 Å². The van der Waals surface area contributed by atoms with Crippen molar-refractivity contribution in [2.45, 2.75) is 12.7 Å². The SMILES string of the molecule is COc1ccc2c(c1)C(=O)CC(O)O2. The molecule has 1 aromatic rings. The Morgan fingerprint density at radius 2 is 2.36 bits per heavy atom. The first-order chi connectivity index (χ1) is 6.70. The van der Waals surface area contributed by atoms with E-state index in [-0.39, 0.29) is 12.2 Å². The first-order valence-corrected chi connectivity index (χ1v) is 4.26. The molecule has 0 aromatic heterocycles. The highest BCUT2D eigenvalue weighted by molar-refractivity contribution is 6.00. The number of carbonyl (C=O) groups excluding carboxylic acids is 1. The lowest BCUT2D eigenvalue weighted by molar-refractivity contribution is -0.0246. The standard InChI is InChI=1S/C10H10O4/c1-13-6-2-3-9-7(4-6)8(11)5-10(12)14-9/h2-4,10,12H,5H2,1H3. The van der Waals surface area contributed by atoms with Crippen LogP contribution in [0.15, 0.2) is 18.2 Å². The van der Waals surface area contributed by atoms with Crippen LogP contribution in [0.2, 0.25) is 0 Å². The average molecular weight is 194 g/mol. The van der Waals surface area contributed by atoms with E-state index in [9.17, 15) is 9.90 Å². The lowest BCUT2D eigenvalue weighted by atomic mass is 10.0. The maximum atomic E-state index is 11.5. The zero-order chi connectivity index (χ0) is 10.1. The van der Waals surface area contributed by atoms with E-state index in [1.807, 2.05) is 0 Å².